The Bertz CT molecular complexity index is 1420. The molecule has 36 heavy (non-hydrogen) atoms. The second kappa shape index (κ2) is 9.80. The summed E-state index contributed by atoms with van der Waals surface area (Å²) in [4.78, 5) is 31.6. The Balaban J connectivity index is 1.17. The first-order chi connectivity index (χ1) is 17.4. The first-order valence-corrected chi connectivity index (χ1v) is 11.9. The van der Waals surface area contributed by atoms with Crippen LogP contribution in [0.15, 0.2) is 47.0 Å². The zero-order valence-electron chi connectivity index (χ0n) is 20.5. The molecule has 0 unspecified atom stereocenters. The normalized spacial score (nSPS) is 14.2. The number of aryl methyl sites for hydroxylation is 2. The molecule has 2 amide bonds. The van der Waals surface area contributed by atoms with E-state index in [1.165, 1.54) is 7.11 Å². The van der Waals surface area contributed by atoms with E-state index in [0.717, 1.165) is 22.2 Å². The highest BCUT2D eigenvalue weighted by Gasteiger charge is 2.28. The molecule has 1 N–H and O–H groups in total. The van der Waals surface area contributed by atoms with Gasteiger partial charge in [-0.1, -0.05) is 29.4 Å². The third-order valence-corrected chi connectivity index (χ3v) is 6.68. The van der Waals surface area contributed by atoms with E-state index in [1.54, 1.807) is 29.2 Å². The van der Waals surface area contributed by atoms with Gasteiger partial charge in [0.2, 0.25) is 17.6 Å². The van der Waals surface area contributed by atoms with Crippen LogP contribution in [0.3, 0.4) is 0 Å². The average molecular weight is 489 g/mol. The second-order valence-corrected chi connectivity index (χ2v) is 8.94. The topological polar surface area (TPSA) is 115 Å². The van der Waals surface area contributed by atoms with E-state index >= 15 is 0 Å². The number of nitrogens with zero attached hydrogens (tertiary/aromatic N) is 5. The minimum Gasteiger partial charge on any atom is -0.496 e. The van der Waals surface area contributed by atoms with Crippen LogP contribution in [-0.4, -0.2) is 63.4 Å². The summed E-state index contributed by atoms with van der Waals surface area (Å²) in [7, 11) is 3.42. The molecule has 4 aromatic rings. The van der Waals surface area contributed by atoms with Crippen molar-refractivity contribution in [1.29, 1.82) is 0 Å². The van der Waals surface area contributed by atoms with Gasteiger partial charge in [-0.05, 0) is 38.0 Å². The van der Waals surface area contributed by atoms with Gasteiger partial charge >= 0.3 is 0 Å². The lowest BCUT2D eigenvalue weighted by molar-refractivity contribution is -0.131. The zero-order chi connectivity index (χ0) is 25.2. The summed E-state index contributed by atoms with van der Waals surface area (Å²) in [5.41, 5.74) is 3.27. The summed E-state index contributed by atoms with van der Waals surface area (Å²) in [5, 5.41) is 12.5. The number of aromatic nitrogens is 4. The van der Waals surface area contributed by atoms with Crippen LogP contribution in [-0.2, 0) is 11.8 Å². The van der Waals surface area contributed by atoms with Crippen molar-refractivity contribution in [2.75, 3.05) is 26.7 Å². The quantitative estimate of drug-likeness (QED) is 0.443. The van der Waals surface area contributed by atoms with Gasteiger partial charge in [0.05, 0.1) is 30.4 Å². The van der Waals surface area contributed by atoms with Gasteiger partial charge in [0.15, 0.2) is 0 Å². The average Bonchev–Trinajstić information content (AvgIpc) is 3.51. The molecule has 1 aliphatic rings. The zero-order valence-corrected chi connectivity index (χ0v) is 20.5. The molecule has 0 atom stereocenters. The highest BCUT2D eigenvalue weighted by atomic mass is 16.5. The minimum atomic E-state index is -0.339. The first kappa shape index (κ1) is 23.5. The summed E-state index contributed by atoms with van der Waals surface area (Å²) in [6.07, 6.45) is 1.43. The molecule has 5 rings (SSSR count). The number of fused-ring (bicyclic) bond motifs is 1. The van der Waals surface area contributed by atoms with Crippen molar-refractivity contribution < 1.29 is 18.8 Å². The molecule has 0 spiro atoms. The fraction of sp³-hybridized carbons (Fsp3) is 0.346. The summed E-state index contributed by atoms with van der Waals surface area (Å²) < 4.78 is 12.7. The lowest BCUT2D eigenvalue weighted by Crippen LogP contribution is -2.43. The van der Waals surface area contributed by atoms with Crippen molar-refractivity contribution in [2.45, 2.75) is 25.7 Å². The molecule has 0 aliphatic carbocycles. The standard InChI is InChI=1S/C26H28N6O4/c1-16-19-9-8-18(14-21(19)31(2)29-16)24-28-26(36-30-24)17-10-12-32(13-11-17)23(33)15-27-25(34)20-6-4-5-7-22(20)35-3/h4-9,14,17H,10-13,15H2,1-3H3,(H,27,34). The second-order valence-electron chi connectivity index (χ2n) is 8.94. The number of rotatable bonds is 6. The first-order valence-electron chi connectivity index (χ1n) is 11.9. The Labute approximate surface area is 208 Å². The lowest BCUT2D eigenvalue weighted by Gasteiger charge is -2.30. The molecule has 2 aromatic carbocycles. The van der Waals surface area contributed by atoms with Gasteiger partial charge < -0.3 is 19.5 Å². The molecule has 1 saturated heterocycles. The molecule has 0 saturated carbocycles. The highest BCUT2D eigenvalue weighted by Crippen LogP contribution is 2.30. The third-order valence-electron chi connectivity index (χ3n) is 6.68. The summed E-state index contributed by atoms with van der Waals surface area (Å²) in [5.74, 6) is 1.22. The van der Waals surface area contributed by atoms with Gasteiger partial charge in [0.25, 0.3) is 5.91 Å². The molecule has 1 fully saturated rings. The number of methoxy groups -OCH3 is 1. The minimum absolute atomic E-state index is 0.0672. The van der Waals surface area contributed by atoms with Gasteiger partial charge in [-0.2, -0.15) is 10.1 Å². The van der Waals surface area contributed by atoms with Gasteiger partial charge in [0, 0.05) is 37.0 Å². The van der Waals surface area contributed by atoms with Gasteiger partial charge in [0.1, 0.15) is 5.75 Å². The largest absolute Gasteiger partial charge is 0.496 e. The monoisotopic (exact) mass is 488 g/mol. The highest BCUT2D eigenvalue weighted by molar-refractivity contribution is 5.98. The van der Waals surface area contributed by atoms with Crippen molar-refractivity contribution >= 4 is 22.7 Å². The molecule has 1 aliphatic heterocycles. The Morgan fingerprint density at radius 3 is 2.72 bits per heavy atom. The van der Waals surface area contributed by atoms with E-state index in [2.05, 4.69) is 20.6 Å². The number of benzene rings is 2. The number of likely N-dealkylation sites (tertiary alicyclic amines) is 1. The van der Waals surface area contributed by atoms with Gasteiger partial charge in [-0.15, -0.1) is 0 Å². The number of para-hydroxylation sites is 1. The molecule has 186 valence electrons. The van der Waals surface area contributed by atoms with Gasteiger partial charge in [-0.25, -0.2) is 0 Å². The smallest absolute Gasteiger partial charge is 0.255 e. The summed E-state index contributed by atoms with van der Waals surface area (Å²) >= 11 is 0. The Hall–Kier alpha value is -4.21. The van der Waals surface area contributed by atoms with Crippen LogP contribution in [0, 0.1) is 6.92 Å². The molecule has 0 radical (unpaired) electrons. The number of hydrogen-bond acceptors (Lipinski definition) is 7. The van der Waals surface area contributed by atoms with Crippen molar-refractivity contribution in [2.24, 2.45) is 7.05 Å². The van der Waals surface area contributed by atoms with Crippen LogP contribution in [0.25, 0.3) is 22.3 Å². The fourth-order valence-corrected chi connectivity index (χ4v) is 4.67. The van der Waals surface area contributed by atoms with Gasteiger partial charge in [-0.3, -0.25) is 14.3 Å². The van der Waals surface area contributed by atoms with E-state index < -0.39 is 0 Å². The summed E-state index contributed by atoms with van der Waals surface area (Å²) in [6.45, 7) is 3.04. The van der Waals surface area contributed by atoms with Crippen molar-refractivity contribution in [3.63, 3.8) is 0 Å². The van der Waals surface area contributed by atoms with Crippen molar-refractivity contribution in [1.82, 2.24) is 30.1 Å². The Kier molecular flexibility index (Phi) is 6.41. The van der Waals surface area contributed by atoms with Crippen molar-refractivity contribution in [3.05, 3.63) is 59.6 Å². The predicted octanol–water partition coefficient (Wildman–Crippen LogP) is 3.08. The van der Waals surface area contributed by atoms with Crippen LogP contribution in [0.4, 0.5) is 0 Å². The molecule has 3 heterocycles. The van der Waals surface area contributed by atoms with E-state index in [1.807, 2.05) is 36.9 Å². The van der Waals surface area contributed by atoms with Crippen LogP contribution < -0.4 is 10.1 Å². The van der Waals surface area contributed by atoms with Crippen LogP contribution in [0.2, 0.25) is 0 Å². The number of amides is 2. The lowest BCUT2D eigenvalue weighted by atomic mass is 9.96. The maximum atomic E-state index is 12.7. The maximum absolute atomic E-state index is 12.7. The molecular weight excluding hydrogens is 460 g/mol. The van der Waals surface area contributed by atoms with E-state index in [0.29, 0.717) is 49.0 Å². The molecule has 0 bridgehead atoms. The number of carbonyl (C=O) groups excluding carboxylic acids is 2. The molecular formula is C26H28N6O4. The Morgan fingerprint density at radius 1 is 1.17 bits per heavy atom. The predicted molar refractivity (Wildman–Crippen MR) is 133 cm³/mol. The fourth-order valence-electron chi connectivity index (χ4n) is 4.67. The third kappa shape index (κ3) is 4.53. The van der Waals surface area contributed by atoms with E-state index in [4.69, 9.17) is 9.26 Å². The van der Waals surface area contributed by atoms with Crippen LogP contribution in [0.1, 0.15) is 40.7 Å². The van der Waals surface area contributed by atoms with E-state index in [9.17, 15) is 9.59 Å². The summed E-state index contributed by atoms with van der Waals surface area (Å²) in [6, 6.07) is 12.9. The number of hydrogen-bond donors (Lipinski definition) is 1. The molecule has 2 aromatic heterocycles. The van der Waals surface area contributed by atoms with Crippen LogP contribution in [0.5, 0.6) is 5.75 Å². The van der Waals surface area contributed by atoms with Crippen LogP contribution >= 0.6 is 0 Å². The SMILES string of the molecule is COc1ccccc1C(=O)NCC(=O)N1CCC(c2nc(-c3ccc4c(C)nn(C)c4c3)no2)CC1. The van der Waals surface area contributed by atoms with Crippen molar-refractivity contribution in [3.8, 4) is 17.1 Å². The molecule has 10 nitrogen and oxygen atoms in total. The number of carbonyl (C=O) groups is 2. The van der Waals surface area contributed by atoms with E-state index in [-0.39, 0.29) is 24.3 Å². The number of piperidine rings is 1. The molecule has 10 heteroatoms. The maximum Gasteiger partial charge on any atom is 0.255 e. The number of ether oxygens (including phenoxy) is 1. The number of nitrogens with one attached hydrogen (secondary N) is 1. The Morgan fingerprint density at radius 2 is 1.94 bits per heavy atom.